The molecule has 0 aromatic heterocycles. The molecule has 3 rings (SSSR count). The van der Waals surface area contributed by atoms with Crippen molar-refractivity contribution in [1.29, 1.82) is 0 Å². The summed E-state index contributed by atoms with van der Waals surface area (Å²) in [5, 5.41) is 11.4. The van der Waals surface area contributed by atoms with Gasteiger partial charge in [0, 0.05) is 10.8 Å². The monoisotopic (exact) mass is 215 g/mol. The second-order valence-corrected chi connectivity index (χ2v) is 4.26. The molecule has 1 heterocycles. The lowest BCUT2D eigenvalue weighted by Crippen LogP contribution is -2.35. The van der Waals surface area contributed by atoms with Crippen LogP contribution in [0.15, 0.2) is 42.5 Å². The summed E-state index contributed by atoms with van der Waals surface area (Å²) in [5.41, 5.74) is 1.17. The number of fused-ring (bicyclic) bond motifs is 1. The van der Waals surface area contributed by atoms with E-state index >= 15 is 0 Å². The van der Waals surface area contributed by atoms with Crippen molar-refractivity contribution in [2.45, 2.75) is 18.4 Å². The summed E-state index contributed by atoms with van der Waals surface area (Å²) in [6.07, 6.45) is 6.71. The molecule has 0 N–H and O–H groups in total. The van der Waals surface area contributed by atoms with Crippen molar-refractivity contribution in [3.05, 3.63) is 53.3 Å². The lowest BCUT2D eigenvalue weighted by atomic mass is 9.84. The van der Waals surface area contributed by atoms with Crippen LogP contribution in [0.1, 0.15) is 17.9 Å². The van der Waals surface area contributed by atoms with Crippen LogP contribution in [0.3, 0.4) is 0 Å². The molecule has 1 aromatic rings. The summed E-state index contributed by atoms with van der Waals surface area (Å²) in [4.78, 5) is 5.84. The van der Waals surface area contributed by atoms with Gasteiger partial charge in [0.2, 0.25) is 6.21 Å². The standard InChI is InChI=1S/C13H13NO2/c15-14-9-12(10-5-2-1-3-6-10)11-7-4-8-13(11)16-14/h1-7,9,11-13H,8H2/t11-,12-,13-/m0/s1. The molecule has 82 valence electrons. The minimum atomic E-state index is 0.00714. The van der Waals surface area contributed by atoms with Gasteiger partial charge in [-0.05, 0) is 12.0 Å². The zero-order valence-electron chi connectivity index (χ0n) is 8.82. The Kier molecular flexibility index (Phi) is 2.17. The molecule has 1 aliphatic heterocycles. The molecule has 0 radical (unpaired) electrons. The third kappa shape index (κ3) is 1.48. The van der Waals surface area contributed by atoms with Gasteiger partial charge in [0.15, 0.2) is 0 Å². The minimum absolute atomic E-state index is 0.00714. The Labute approximate surface area is 94.2 Å². The molecular formula is C13H13NO2. The number of nitrogens with zero attached hydrogens (tertiary/aromatic N) is 1. The summed E-state index contributed by atoms with van der Waals surface area (Å²) in [7, 11) is 0. The molecule has 0 amide bonds. The topological polar surface area (TPSA) is 35.3 Å². The smallest absolute Gasteiger partial charge is 0.218 e. The summed E-state index contributed by atoms with van der Waals surface area (Å²) in [6, 6.07) is 10.1. The first kappa shape index (κ1) is 9.46. The Morgan fingerprint density at radius 2 is 2.06 bits per heavy atom. The van der Waals surface area contributed by atoms with Crippen LogP contribution < -0.4 is 0 Å². The Morgan fingerprint density at radius 1 is 1.25 bits per heavy atom. The van der Waals surface area contributed by atoms with Gasteiger partial charge in [0.25, 0.3) is 0 Å². The fraction of sp³-hybridized carbons (Fsp3) is 0.308. The highest BCUT2D eigenvalue weighted by Crippen LogP contribution is 2.36. The SMILES string of the molecule is [O-][N+]1=C[C@@H](c2ccccc2)[C@@H]2C=CC[C@@H]2O1. The van der Waals surface area contributed by atoms with E-state index in [-0.39, 0.29) is 12.0 Å². The van der Waals surface area contributed by atoms with E-state index in [9.17, 15) is 5.21 Å². The van der Waals surface area contributed by atoms with Gasteiger partial charge in [0.1, 0.15) is 0 Å². The molecule has 16 heavy (non-hydrogen) atoms. The minimum Gasteiger partial charge on any atom is -0.399 e. The predicted molar refractivity (Wildman–Crippen MR) is 61.0 cm³/mol. The fourth-order valence-electron chi connectivity index (χ4n) is 2.50. The van der Waals surface area contributed by atoms with Crippen molar-refractivity contribution in [2.75, 3.05) is 0 Å². The first-order valence-electron chi connectivity index (χ1n) is 5.54. The van der Waals surface area contributed by atoms with Gasteiger partial charge in [-0.3, -0.25) is 5.21 Å². The summed E-state index contributed by atoms with van der Waals surface area (Å²) < 4.78 is 0. The van der Waals surface area contributed by atoms with Gasteiger partial charge in [-0.2, -0.15) is 0 Å². The van der Waals surface area contributed by atoms with Crippen LogP contribution >= 0.6 is 0 Å². The van der Waals surface area contributed by atoms with Gasteiger partial charge in [-0.15, -0.1) is 0 Å². The van der Waals surface area contributed by atoms with Crippen LogP contribution in [-0.2, 0) is 4.84 Å². The van der Waals surface area contributed by atoms with Crippen LogP contribution in [0.2, 0.25) is 0 Å². The van der Waals surface area contributed by atoms with Crippen molar-refractivity contribution >= 4 is 6.21 Å². The fourth-order valence-corrected chi connectivity index (χ4v) is 2.50. The third-order valence-corrected chi connectivity index (χ3v) is 3.28. The Bertz CT molecular complexity index is 439. The molecule has 1 aliphatic carbocycles. The molecule has 3 atom stereocenters. The maximum absolute atomic E-state index is 11.4. The van der Waals surface area contributed by atoms with Crippen LogP contribution in [0.4, 0.5) is 0 Å². The highest BCUT2D eigenvalue weighted by atomic mass is 16.9. The van der Waals surface area contributed by atoms with Gasteiger partial charge < -0.3 is 4.84 Å². The normalized spacial score (nSPS) is 31.8. The molecule has 3 heteroatoms. The quantitative estimate of drug-likeness (QED) is 0.532. The van der Waals surface area contributed by atoms with E-state index in [0.717, 1.165) is 6.42 Å². The van der Waals surface area contributed by atoms with E-state index in [1.54, 1.807) is 6.21 Å². The molecule has 0 spiro atoms. The van der Waals surface area contributed by atoms with E-state index in [1.807, 2.05) is 18.2 Å². The second kappa shape index (κ2) is 3.67. The van der Waals surface area contributed by atoms with Crippen LogP contribution in [0, 0.1) is 11.1 Å². The highest BCUT2D eigenvalue weighted by molar-refractivity contribution is 5.65. The van der Waals surface area contributed by atoms with Gasteiger partial charge in [0.05, 0.1) is 12.0 Å². The van der Waals surface area contributed by atoms with Crippen molar-refractivity contribution in [3.63, 3.8) is 0 Å². The third-order valence-electron chi connectivity index (χ3n) is 3.28. The first-order chi connectivity index (χ1) is 7.84. The molecule has 0 unspecified atom stereocenters. The van der Waals surface area contributed by atoms with E-state index in [0.29, 0.717) is 10.8 Å². The molecule has 1 aromatic carbocycles. The lowest BCUT2D eigenvalue weighted by molar-refractivity contribution is -0.756. The predicted octanol–water partition coefficient (Wildman–Crippen LogP) is 2.24. The molecule has 3 nitrogen and oxygen atoms in total. The van der Waals surface area contributed by atoms with E-state index in [2.05, 4.69) is 24.3 Å². The molecule has 2 aliphatic rings. The number of benzene rings is 1. The Morgan fingerprint density at radius 3 is 2.88 bits per heavy atom. The molecule has 0 fully saturated rings. The van der Waals surface area contributed by atoms with Crippen molar-refractivity contribution in [3.8, 4) is 0 Å². The molecule has 0 bridgehead atoms. The van der Waals surface area contributed by atoms with Gasteiger partial charge >= 0.3 is 0 Å². The van der Waals surface area contributed by atoms with Crippen LogP contribution in [-0.4, -0.2) is 17.2 Å². The van der Waals surface area contributed by atoms with Crippen LogP contribution in [0.25, 0.3) is 0 Å². The highest BCUT2D eigenvalue weighted by Gasteiger charge is 2.36. The van der Waals surface area contributed by atoms with E-state index in [1.165, 1.54) is 5.56 Å². The zero-order valence-corrected chi connectivity index (χ0v) is 8.82. The van der Waals surface area contributed by atoms with E-state index < -0.39 is 0 Å². The zero-order chi connectivity index (χ0) is 11.0. The van der Waals surface area contributed by atoms with Crippen molar-refractivity contribution in [2.24, 2.45) is 5.92 Å². The maximum atomic E-state index is 11.4. The number of hydrogen-bond acceptors (Lipinski definition) is 2. The van der Waals surface area contributed by atoms with Gasteiger partial charge in [-0.1, -0.05) is 42.5 Å². The van der Waals surface area contributed by atoms with Gasteiger partial charge in [-0.25, -0.2) is 0 Å². The molecule has 0 saturated carbocycles. The van der Waals surface area contributed by atoms with Crippen molar-refractivity contribution < 1.29 is 9.74 Å². The Hall–Kier alpha value is -1.77. The van der Waals surface area contributed by atoms with Crippen molar-refractivity contribution in [1.82, 2.24) is 0 Å². The second-order valence-electron chi connectivity index (χ2n) is 4.26. The maximum Gasteiger partial charge on any atom is 0.218 e. The molecule has 0 saturated heterocycles. The average molecular weight is 215 g/mol. The first-order valence-corrected chi connectivity index (χ1v) is 5.54. The summed E-state index contributed by atoms with van der Waals surface area (Å²) in [5.74, 6) is 0.434. The number of rotatable bonds is 1. The van der Waals surface area contributed by atoms with E-state index in [4.69, 9.17) is 4.84 Å². The molecular weight excluding hydrogens is 202 g/mol. The summed E-state index contributed by atoms with van der Waals surface area (Å²) in [6.45, 7) is 0. The largest absolute Gasteiger partial charge is 0.399 e. The average Bonchev–Trinajstić information content (AvgIpc) is 2.77. The summed E-state index contributed by atoms with van der Waals surface area (Å²) >= 11 is 0. The Balaban J connectivity index is 1.98. The number of hydrogen-bond donors (Lipinski definition) is 0. The lowest BCUT2D eigenvalue weighted by Gasteiger charge is -2.30. The van der Waals surface area contributed by atoms with Crippen LogP contribution in [0.5, 0.6) is 0 Å².